The van der Waals surface area contributed by atoms with Crippen molar-refractivity contribution >= 4 is 13.6 Å². The summed E-state index contributed by atoms with van der Waals surface area (Å²) >= 11 is 0. The Morgan fingerprint density at radius 1 is 0.816 bits per heavy atom. The average Bonchev–Trinajstić information content (AvgIpc) is 2.84. The summed E-state index contributed by atoms with van der Waals surface area (Å²) in [5, 5.41) is 18.4. The van der Waals surface area contributed by atoms with E-state index in [9.17, 15) is 19.4 Å². The summed E-state index contributed by atoms with van der Waals surface area (Å²) in [6.07, 6.45) is 17.8. The highest BCUT2D eigenvalue weighted by Gasteiger charge is 2.33. The van der Waals surface area contributed by atoms with Crippen molar-refractivity contribution in [1.82, 2.24) is 0 Å². The van der Waals surface area contributed by atoms with Gasteiger partial charge in [-0.1, -0.05) is 110 Å². The minimum Gasteiger partial charge on any atom is -0.756 e. The van der Waals surface area contributed by atoms with E-state index in [0.717, 1.165) is 19.3 Å². The SMILES string of the molecule is CCCCCCCCCCCCCCCCCCCC(=O)C(OP(=O)([O-])OCC[N+](C)(C)C)[C@H](CO)OO. The Labute approximate surface area is 232 Å². The van der Waals surface area contributed by atoms with E-state index < -0.39 is 32.4 Å². The summed E-state index contributed by atoms with van der Waals surface area (Å²) in [6.45, 7) is 1.78. The molecule has 2 N–H and O–H groups in total. The molecule has 0 saturated heterocycles. The molecule has 10 heteroatoms. The third kappa shape index (κ3) is 22.4. The molecule has 0 radical (unpaired) electrons. The first-order chi connectivity index (χ1) is 18.1. The molecular formula is C28H58NO8P. The molecule has 0 heterocycles. The van der Waals surface area contributed by atoms with Crippen molar-refractivity contribution in [1.29, 1.82) is 0 Å². The van der Waals surface area contributed by atoms with Gasteiger partial charge in [0.25, 0.3) is 7.82 Å². The fraction of sp³-hybridized carbons (Fsp3) is 0.964. The number of phosphoric acid groups is 1. The number of ketones is 1. The lowest BCUT2D eigenvalue weighted by atomic mass is 10.0. The first-order valence-electron chi connectivity index (χ1n) is 14.9. The zero-order valence-corrected chi connectivity index (χ0v) is 25.6. The van der Waals surface area contributed by atoms with Gasteiger partial charge in [0, 0.05) is 6.42 Å². The molecule has 0 aromatic carbocycles. The van der Waals surface area contributed by atoms with E-state index in [2.05, 4.69) is 11.8 Å². The average molecular weight is 568 g/mol. The van der Waals surface area contributed by atoms with E-state index in [-0.39, 0.29) is 13.0 Å². The summed E-state index contributed by atoms with van der Waals surface area (Å²) in [7, 11) is 0.815. The molecule has 0 aromatic rings. The van der Waals surface area contributed by atoms with Crippen LogP contribution in [0.2, 0.25) is 0 Å². The highest BCUT2D eigenvalue weighted by molar-refractivity contribution is 7.45. The highest BCUT2D eigenvalue weighted by atomic mass is 31.2. The van der Waals surface area contributed by atoms with Gasteiger partial charge in [-0.05, 0) is 6.42 Å². The minimum absolute atomic E-state index is 0.0714. The Kier molecular flexibility index (Phi) is 23.1. The Hall–Kier alpha value is -0.380. The maximum atomic E-state index is 12.6. The van der Waals surface area contributed by atoms with Crippen molar-refractivity contribution in [2.75, 3.05) is 40.9 Å². The lowest BCUT2D eigenvalue weighted by molar-refractivity contribution is -0.870. The standard InChI is InChI=1S/C28H58NO8P/c1-5-6-7-8-9-10-11-12-13-14-15-16-17-18-19-20-21-22-26(31)28(27(25-30)36-32)37-38(33,34)35-24-23-29(2,3)4/h27-28,30H,5-25H2,1-4H3,(H-,32,33,34)/t27-,28?/m0/s1. The van der Waals surface area contributed by atoms with Crippen LogP contribution in [0.15, 0.2) is 0 Å². The third-order valence-corrected chi connectivity index (χ3v) is 7.74. The van der Waals surface area contributed by atoms with E-state index in [4.69, 9.17) is 14.3 Å². The Morgan fingerprint density at radius 3 is 1.61 bits per heavy atom. The number of likely N-dealkylation sites (N-methyl/N-ethyl adjacent to an activating group) is 1. The number of nitrogens with zero attached hydrogens (tertiary/aromatic N) is 1. The number of aliphatic hydroxyl groups excluding tert-OH is 1. The first kappa shape index (κ1) is 37.6. The first-order valence-corrected chi connectivity index (χ1v) is 16.4. The smallest absolute Gasteiger partial charge is 0.268 e. The molecule has 0 aliphatic carbocycles. The number of hydrogen-bond acceptors (Lipinski definition) is 8. The maximum absolute atomic E-state index is 12.6. The van der Waals surface area contributed by atoms with E-state index in [1.54, 1.807) is 0 Å². The molecule has 0 aliphatic heterocycles. The number of carbonyl (C=O) groups excluding carboxylic acids is 1. The minimum atomic E-state index is -4.83. The molecule has 0 aliphatic rings. The van der Waals surface area contributed by atoms with E-state index in [0.29, 0.717) is 17.4 Å². The monoisotopic (exact) mass is 567 g/mol. The van der Waals surface area contributed by atoms with Crippen molar-refractivity contribution in [2.24, 2.45) is 0 Å². The molecule has 3 atom stereocenters. The summed E-state index contributed by atoms with van der Waals surface area (Å²) in [5.74, 6) is -0.551. The van der Waals surface area contributed by atoms with Crippen LogP contribution < -0.4 is 4.89 Å². The second-order valence-corrected chi connectivity index (χ2v) is 12.9. The van der Waals surface area contributed by atoms with Gasteiger partial charge in [-0.15, -0.1) is 0 Å². The number of Topliss-reactive ketones (excluding diaryl/α,β-unsaturated/α-hetero) is 1. The lowest BCUT2D eigenvalue weighted by Crippen LogP contribution is -2.41. The normalized spacial score (nSPS) is 15.3. The summed E-state index contributed by atoms with van der Waals surface area (Å²) < 4.78 is 22.5. The summed E-state index contributed by atoms with van der Waals surface area (Å²) in [6, 6.07) is 0. The Balaban J connectivity index is 4.01. The van der Waals surface area contributed by atoms with Gasteiger partial charge in [0.15, 0.2) is 11.9 Å². The molecule has 0 bridgehead atoms. The molecule has 2 unspecified atom stereocenters. The summed E-state index contributed by atoms with van der Waals surface area (Å²) in [4.78, 5) is 28.9. The van der Waals surface area contributed by atoms with Crippen LogP contribution >= 0.6 is 7.82 Å². The maximum Gasteiger partial charge on any atom is 0.268 e. The predicted octanol–water partition coefficient (Wildman–Crippen LogP) is 6.02. The van der Waals surface area contributed by atoms with Gasteiger partial charge in [-0.3, -0.25) is 14.6 Å². The van der Waals surface area contributed by atoms with E-state index in [1.165, 1.54) is 83.5 Å². The molecule has 38 heavy (non-hydrogen) atoms. The molecule has 228 valence electrons. The third-order valence-electron chi connectivity index (χ3n) is 6.75. The van der Waals surface area contributed by atoms with Crippen molar-refractivity contribution in [2.45, 2.75) is 135 Å². The molecular weight excluding hydrogens is 509 g/mol. The molecule has 0 saturated carbocycles. The highest BCUT2D eigenvalue weighted by Crippen LogP contribution is 2.41. The molecule has 0 amide bonds. The predicted molar refractivity (Wildman–Crippen MR) is 150 cm³/mol. The number of hydrogen-bond donors (Lipinski definition) is 2. The number of quaternary nitrogens is 1. The number of phosphoric ester groups is 1. The van der Waals surface area contributed by atoms with Crippen molar-refractivity contribution in [3.63, 3.8) is 0 Å². The van der Waals surface area contributed by atoms with Crippen LogP contribution in [0.3, 0.4) is 0 Å². The van der Waals surface area contributed by atoms with E-state index >= 15 is 0 Å². The van der Waals surface area contributed by atoms with Crippen LogP contribution in [0.4, 0.5) is 0 Å². The van der Waals surface area contributed by atoms with Crippen LogP contribution in [0, 0.1) is 0 Å². The van der Waals surface area contributed by atoms with Gasteiger partial charge in [-0.2, -0.15) is 0 Å². The summed E-state index contributed by atoms with van der Waals surface area (Å²) in [5.41, 5.74) is 0. The Bertz CT molecular complexity index is 610. The number of carbonyl (C=O) groups is 1. The number of aliphatic hydroxyl groups is 1. The van der Waals surface area contributed by atoms with Crippen LogP contribution in [0.1, 0.15) is 122 Å². The molecule has 0 spiro atoms. The zero-order valence-electron chi connectivity index (χ0n) is 24.7. The fourth-order valence-electron chi connectivity index (χ4n) is 4.28. The lowest BCUT2D eigenvalue weighted by Gasteiger charge is -2.31. The molecule has 0 fully saturated rings. The number of unbranched alkanes of at least 4 members (excludes halogenated alkanes) is 16. The molecule has 0 aromatic heterocycles. The largest absolute Gasteiger partial charge is 0.756 e. The van der Waals surface area contributed by atoms with Crippen molar-refractivity contribution < 1.29 is 43.0 Å². The fourth-order valence-corrected chi connectivity index (χ4v) is 5.18. The topological polar surface area (TPSA) is 125 Å². The van der Waals surface area contributed by atoms with Crippen LogP contribution in [-0.2, 0) is 23.3 Å². The van der Waals surface area contributed by atoms with Crippen molar-refractivity contribution in [3.8, 4) is 0 Å². The molecule has 9 nitrogen and oxygen atoms in total. The van der Waals surface area contributed by atoms with Crippen molar-refractivity contribution in [3.05, 3.63) is 0 Å². The van der Waals surface area contributed by atoms with Gasteiger partial charge in [0.2, 0.25) is 0 Å². The van der Waals surface area contributed by atoms with Gasteiger partial charge >= 0.3 is 0 Å². The second-order valence-electron chi connectivity index (χ2n) is 11.5. The van der Waals surface area contributed by atoms with Crippen LogP contribution in [0.5, 0.6) is 0 Å². The van der Waals surface area contributed by atoms with Gasteiger partial charge in [0.1, 0.15) is 19.3 Å². The quantitative estimate of drug-likeness (QED) is 0.0386. The van der Waals surface area contributed by atoms with Gasteiger partial charge < -0.3 is 23.5 Å². The van der Waals surface area contributed by atoms with Gasteiger partial charge in [0.05, 0.1) is 27.7 Å². The van der Waals surface area contributed by atoms with Crippen LogP contribution in [0.25, 0.3) is 0 Å². The van der Waals surface area contributed by atoms with Gasteiger partial charge in [-0.25, -0.2) is 4.89 Å². The molecule has 0 rings (SSSR count). The van der Waals surface area contributed by atoms with E-state index in [1.807, 2.05) is 21.1 Å². The van der Waals surface area contributed by atoms with Crippen LogP contribution in [-0.4, -0.2) is 73.7 Å². The zero-order chi connectivity index (χ0) is 28.7. The second kappa shape index (κ2) is 23.3. The Morgan fingerprint density at radius 2 is 1.24 bits per heavy atom. The number of rotatable bonds is 28.